The van der Waals surface area contributed by atoms with Gasteiger partial charge >= 0.3 is 18.6 Å². The molecule has 0 bridgehead atoms. The molecule has 0 aromatic carbocycles. The summed E-state index contributed by atoms with van der Waals surface area (Å²) in [4.78, 5) is 5.60. The van der Waals surface area contributed by atoms with Crippen molar-refractivity contribution in [3.05, 3.63) is 0 Å². The molecular formula is C3F8O3. The summed E-state index contributed by atoms with van der Waals surface area (Å²) in [5.41, 5.74) is 0. The van der Waals surface area contributed by atoms with Gasteiger partial charge in [0.25, 0.3) is 0 Å². The van der Waals surface area contributed by atoms with E-state index in [0.717, 1.165) is 0 Å². The number of halogens is 8. The van der Waals surface area contributed by atoms with Gasteiger partial charge in [-0.1, -0.05) is 0 Å². The molecule has 0 amide bonds. The van der Waals surface area contributed by atoms with Gasteiger partial charge in [-0.05, 0) is 4.53 Å². The van der Waals surface area contributed by atoms with Gasteiger partial charge in [0.2, 0.25) is 0 Å². The second-order valence-corrected chi connectivity index (χ2v) is 1.72. The molecule has 0 aromatic rings. The van der Waals surface area contributed by atoms with Crippen molar-refractivity contribution in [1.29, 1.82) is 0 Å². The summed E-state index contributed by atoms with van der Waals surface area (Å²) >= 11 is 0. The molecule has 0 radical (unpaired) electrons. The predicted molar refractivity (Wildman–Crippen MR) is 20.3 cm³/mol. The van der Waals surface area contributed by atoms with E-state index in [1.165, 1.54) is 0 Å². The van der Waals surface area contributed by atoms with Gasteiger partial charge in [0.1, 0.15) is 0 Å². The van der Waals surface area contributed by atoms with Crippen molar-refractivity contribution in [3.63, 3.8) is 0 Å². The molecule has 0 spiro atoms. The standard InChI is InChI=1S/C3F8O3/c4-1(5,6)2(7,12-11)13-14-3(8,9)10. The molecular weight excluding hydrogens is 236 g/mol. The van der Waals surface area contributed by atoms with E-state index in [4.69, 9.17) is 0 Å². The first-order chi connectivity index (χ1) is 6.02. The van der Waals surface area contributed by atoms with E-state index in [0.29, 0.717) is 0 Å². The first kappa shape index (κ1) is 13.3. The number of hydrogen-bond donors (Lipinski definition) is 0. The molecule has 0 aliphatic heterocycles. The fourth-order valence-corrected chi connectivity index (χ4v) is 0.205. The summed E-state index contributed by atoms with van der Waals surface area (Å²) in [6.45, 7) is 0. The summed E-state index contributed by atoms with van der Waals surface area (Å²) in [5.74, 6) is 0. The summed E-state index contributed by atoms with van der Waals surface area (Å²) in [7, 11) is 0. The molecule has 14 heavy (non-hydrogen) atoms. The van der Waals surface area contributed by atoms with Gasteiger partial charge in [0, 0.05) is 0 Å². The van der Waals surface area contributed by atoms with Gasteiger partial charge in [-0.15, -0.1) is 27.9 Å². The lowest BCUT2D eigenvalue weighted by Gasteiger charge is -2.21. The summed E-state index contributed by atoms with van der Waals surface area (Å²) < 4.78 is 90.2. The van der Waals surface area contributed by atoms with Crippen molar-refractivity contribution >= 4 is 0 Å². The fourth-order valence-electron chi connectivity index (χ4n) is 0.205. The average molecular weight is 236 g/mol. The Bertz CT molecular complexity index is 185. The minimum absolute atomic E-state index is 1.56. The zero-order chi connectivity index (χ0) is 11.6. The zero-order valence-corrected chi connectivity index (χ0v) is 5.75. The van der Waals surface area contributed by atoms with Crippen molar-refractivity contribution < 1.29 is 50.0 Å². The maximum absolute atomic E-state index is 12.0. The van der Waals surface area contributed by atoms with Crippen LogP contribution in [0, 0.1) is 0 Å². The van der Waals surface area contributed by atoms with Gasteiger partial charge in [0.05, 0.1) is 0 Å². The zero-order valence-electron chi connectivity index (χ0n) is 5.75. The van der Waals surface area contributed by atoms with E-state index in [9.17, 15) is 35.3 Å². The molecule has 11 heteroatoms. The van der Waals surface area contributed by atoms with Crippen molar-refractivity contribution in [3.8, 4) is 0 Å². The maximum atomic E-state index is 12.0. The van der Waals surface area contributed by atoms with Crippen molar-refractivity contribution in [2.75, 3.05) is 0 Å². The van der Waals surface area contributed by atoms with Crippen LogP contribution in [0.5, 0.6) is 0 Å². The lowest BCUT2D eigenvalue weighted by molar-refractivity contribution is -0.620. The van der Waals surface area contributed by atoms with Crippen molar-refractivity contribution in [2.24, 2.45) is 0 Å². The lowest BCUT2D eigenvalue weighted by atomic mass is 10.6. The Morgan fingerprint density at radius 2 is 1.14 bits per heavy atom. The second kappa shape index (κ2) is 3.82. The van der Waals surface area contributed by atoms with Gasteiger partial charge in [-0.2, -0.15) is 17.6 Å². The Labute approximate surface area is 70.0 Å². The predicted octanol–water partition coefficient (Wildman–Crippen LogP) is 2.54. The van der Waals surface area contributed by atoms with Crippen LogP contribution in [-0.4, -0.2) is 18.6 Å². The van der Waals surface area contributed by atoms with Crippen LogP contribution in [0.2, 0.25) is 0 Å². The molecule has 86 valence electrons. The summed E-state index contributed by atoms with van der Waals surface area (Å²) in [5, 5.41) is 0. The Morgan fingerprint density at radius 3 is 1.36 bits per heavy atom. The van der Waals surface area contributed by atoms with E-state index >= 15 is 0 Å². The lowest BCUT2D eigenvalue weighted by Crippen LogP contribution is -2.45. The van der Waals surface area contributed by atoms with E-state index < -0.39 is 18.6 Å². The quantitative estimate of drug-likeness (QED) is 0.326. The molecule has 1 unspecified atom stereocenters. The molecule has 0 aromatic heterocycles. The van der Waals surface area contributed by atoms with Gasteiger partial charge in [-0.25, -0.2) is 0 Å². The van der Waals surface area contributed by atoms with Crippen LogP contribution in [0.25, 0.3) is 0 Å². The van der Waals surface area contributed by atoms with Crippen LogP contribution in [-0.2, 0) is 14.7 Å². The first-order valence-corrected chi connectivity index (χ1v) is 2.51. The number of hydrogen-bond acceptors (Lipinski definition) is 3. The average Bonchev–Trinajstić information content (AvgIpc) is 1.96. The van der Waals surface area contributed by atoms with Crippen LogP contribution in [0.4, 0.5) is 35.3 Å². The van der Waals surface area contributed by atoms with Gasteiger partial charge in [0.15, 0.2) is 0 Å². The molecule has 0 fully saturated rings. The Hall–Kier alpha value is -0.680. The summed E-state index contributed by atoms with van der Waals surface area (Å²) in [6, 6.07) is -5.62. The van der Waals surface area contributed by atoms with E-state index in [1.807, 2.05) is 4.89 Å². The topological polar surface area (TPSA) is 27.7 Å². The minimum Gasteiger partial charge on any atom is -0.166 e. The number of alkyl halides is 7. The Balaban J connectivity index is 4.43. The van der Waals surface area contributed by atoms with Gasteiger partial charge in [-0.3, -0.25) is 0 Å². The third-order valence-corrected chi connectivity index (χ3v) is 0.681. The molecule has 0 aliphatic rings. The Morgan fingerprint density at radius 1 is 0.714 bits per heavy atom. The molecule has 0 saturated carbocycles. The molecule has 0 N–H and O–H groups in total. The monoisotopic (exact) mass is 236 g/mol. The smallest absolute Gasteiger partial charge is 0.166 e. The third kappa shape index (κ3) is 3.59. The van der Waals surface area contributed by atoms with Crippen LogP contribution in [0.1, 0.15) is 0 Å². The van der Waals surface area contributed by atoms with Crippen molar-refractivity contribution in [1.82, 2.24) is 0 Å². The first-order valence-electron chi connectivity index (χ1n) is 2.51. The van der Waals surface area contributed by atoms with Crippen LogP contribution < -0.4 is 0 Å². The molecule has 0 heterocycles. The SMILES string of the molecule is FOC(F)(OOC(F)(F)F)C(F)(F)F. The van der Waals surface area contributed by atoms with E-state index in [2.05, 4.69) is 4.89 Å². The van der Waals surface area contributed by atoms with Crippen LogP contribution in [0.3, 0.4) is 0 Å². The third-order valence-electron chi connectivity index (χ3n) is 0.681. The van der Waals surface area contributed by atoms with E-state index in [-0.39, 0.29) is 0 Å². The largest absolute Gasteiger partial charge is 0.549 e. The highest BCUT2D eigenvalue weighted by atomic mass is 19.4. The molecule has 0 aliphatic carbocycles. The van der Waals surface area contributed by atoms with Crippen LogP contribution in [0.15, 0.2) is 0 Å². The minimum atomic E-state index is -6.19. The summed E-state index contributed by atoms with van der Waals surface area (Å²) in [6.07, 6.45) is -11.9. The maximum Gasteiger partial charge on any atom is 0.549 e. The number of rotatable bonds is 3. The molecule has 0 saturated heterocycles. The van der Waals surface area contributed by atoms with Crippen molar-refractivity contribution in [2.45, 2.75) is 18.6 Å². The molecule has 3 nitrogen and oxygen atoms in total. The normalized spacial score (nSPS) is 18.0. The molecule has 0 rings (SSSR count). The highest BCUT2D eigenvalue weighted by molar-refractivity contribution is 4.62. The van der Waals surface area contributed by atoms with Gasteiger partial charge < -0.3 is 0 Å². The Kier molecular flexibility index (Phi) is 3.64. The second-order valence-electron chi connectivity index (χ2n) is 1.72. The van der Waals surface area contributed by atoms with Crippen LogP contribution >= 0.6 is 0 Å². The highest BCUT2D eigenvalue weighted by Crippen LogP contribution is 2.38. The highest BCUT2D eigenvalue weighted by Gasteiger charge is 2.64. The fraction of sp³-hybridized carbons (Fsp3) is 1.00. The molecule has 1 atom stereocenters. The van der Waals surface area contributed by atoms with E-state index in [1.54, 1.807) is 4.94 Å².